The van der Waals surface area contributed by atoms with E-state index < -0.39 is 10.0 Å². The number of likely N-dealkylation sites (N-methyl/N-ethyl adjacent to an activating group) is 1. The van der Waals surface area contributed by atoms with E-state index in [9.17, 15) is 13.7 Å². The lowest BCUT2D eigenvalue weighted by Crippen LogP contribution is -2.42. The van der Waals surface area contributed by atoms with E-state index in [0.717, 1.165) is 25.9 Å². The molecule has 3 heterocycles. The maximum Gasteiger partial charge on any atom is 0.246 e. The van der Waals surface area contributed by atoms with E-state index in [2.05, 4.69) is 31.3 Å². The van der Waals surface area contributed by atoms with Gasteiger partial charge in [-0.15, -0.1) is 0 Å². The van der Waals surface area contributed by atoms with E-state index >= 15 is 0 Å². The molecule has 2 aliphatic rings. The smallest absolute Gasteiger partial charge is 0.246 e. The molecule has 12 heteroatoms. The fraction of sp³-hybridized carbons (Fsp3) is 0.652. The first-order valence-electron chi connectivity index (χ1n) is 12.2. The van der Waals surface area contributed by atoms with Crippen LogP contribution < -0.4 is 10.2 Å². The van der Waals surface area contributed by atoms with Crippen molar-refractivity contribution in [2.75, 3.05) is 50.5 Å². The van der Waals surface area contributed by atoms with Crippen LogP contribution in [0.1, 0.15) is 44.1 Å². The Labute approximate surface area is 207 Å². The number of hydrogen-bond donors (Lipinski definition) is 1. The van der Waals surface area contributed by atoms with Crippen LogP contribution in [0.2, 0.25) is 0 Å². The molecule has 35 heavy (non-hydrogen) atoms. The van der Waals surface area contributed by atoms with Gasteiger partial charge in [-0.05, 0) is 39.8 Å². The molecule has 1 N–H and O–H groups in total. The number of aryl methyl sites for hydroxylation is 1. The van der Waals surface area contributed by atoms with Crippen LogP contribution >= 0.6 is 0 Å². The molecule has 0 radical (unpaired) electrons. The van der Waals surface area contributed by atoms with Gasteiger partial charge >= 0.3 is 0 Å². The molecule has 4 rings (SSSR count). The number of rotatable bonds is 9. The molecule has 1 saturated heterocycles. The molecular formula is C23H35N9O2S. The summed E-state index contributed by atoms with van der Waals surface area (Å²) in [4.78, 5) is 13.8. The van der Waals surface area contributed by atoms with Gasteiger partial charge in [-0.1, -0.05) is 12.8 Å². The molecule has 190 valence electrons. The summed E-state index contributed by atoms with van der Waals surface area (Å²) in [5.74, 6) is 1.18. The van der Waals surface area contributed by atoms with Gasteiger partial charge in [-0.3, -0.25) is 4.68 Å². The average molecular weight is 502 g/mol. The first-order chi connectivity index (χ1) is 16.8. The topological polar surface area (TPSA) is 123 Å². The maximum absolute atomic E-state index is 12.9. The van der Waals surface area contributed by atoms with Gasteiger partial charge in [0.15, 0.2) is 5.82 Å². The summed E-state index contributed by atoms with van der Waals surface area (Å²) in [5.41, 5.74) is 0.485. The number of nitrogens with one attached hydrogen (secondary N) is 1. The third-order valence-corrected chi connectivity index (χ3v) is 8.67. The van der Waals surface area contributed by atoms with E-state index in [1.807, 2.05) is 14.1 Å². The Hall–Kier alpha value is -2.75. The average Bonchev–Trinajstić information content (AvgIpc) is 3.52. The zero-order chi connectivity index (χ0) is 25.0. The molecule has 2 aromatic heterocycles. The summed E-state index contributed by atoms with van der Waals surface area (Å²) >= 11 is 0. The van der Waals surface area contributed by atoms with Crippen LogP contribution in [0.5, 0.6) is 0 Å². The van der Waals surface area contributed by atoms with Crippen LogP contribution in [0, 0.1) is 11.3 Å². The van der Waals surface area contributed by atoms with Crippen molar-refractivity contribution in [1.82, 2.24) is 29.0 Å². The van der Waals surface area contributed by atoms with Crippen LogP contribution in [0.25, 0.3) is 0 Å². The van der Waals surface area contributed by atoms with E-state index in [4.69, 9.17) is 4.98 Å². The molecule has 0 amide bonds. The Kier molecular flexibility index (Phi) is 7.88. The van der Waals surface area contributed by atoms with Gasteiger partial charge < -0.3 is 15.1 Å². The zero-order valence-corrected chi connectivity index (χ0v) is 21.6. The molecule has 0 aromatic carbocycles. The Morgan fingerprint density at radius 1 is 1.14 bits per heavy atom. The van der Waals surface area contributed by atoms with Gasteiger partial charge in [-0.25, -0.2) is 13.4 Å². The van der Waals surface area contributed by atoms with Crippen molar-refractivity contribution in [3.8, 4) is 6.07 Å². The molecule has 2 fully saturated rings. The van der Waals surface area contributed by atoms with Crippen molar-refractivity contribution in [3.05, 3.63) is 24.2 Å². The Bertz CT molecular complexity index is 1140. The van der Waals surface area contributed by atoms with Crippen molar-refractivity contribution >= 4 is 21.8 Å². The molecule has 0 spiro atoms. The van der Waals surface area contributed by atoms with Gasteiger partial charge in [0.25, 0.3) is 0 Å². The van der Waals surface area contributed by atoms with Crippen molar-refractivity contribution in [2.45, 2.75) is 55.5 Å². The summed E-state index contributed by atoms with van der Waals surface area (Å²) in [6.45, 7) is 2.50. The SMILES string of the molecule is CN(C)CCN(c1nc(NC2CCN(S(=O)(=O)c3cnn(C)c3)CC2)ncc1C#N)C1CCCC1. The number of aromatic nitrogens is 4. The van der Waals surface area contributed by atoms with Crippen molar-refractivity contribution < 1.29 is 8.42 Å². The number of nitriles is 1. The first kappa shape index (κ1) is 25.3. The molecule has 1 aliphatic heterocycles. The van der Waals surface area contributed by atoms with Gasteiger partial charge in [0.05, 0.1) is 12.4 Å². The predicted octanol–water partition coefficient (Wildman–Crippen LogP) is 1.66. The highest BCUT2D eigenvalue weighted by molar-refractivity contribution is 7.89. The second kappa shape index (κ2) is 10.9. The highest BCUT2D eigenvalue weighted by atomic mass is 32.2. The Morgan fingerprint density at radius 3 is 2.46 bits per heavy atom. The Morgan fingerprint density at radius 2 is 1.86 bits per heavy atom. The number of hydrogen-bond acceptors (Lipinski definition) is 9. The summed E-state index contributed by atoms with van der Waals surface area (Å²) in [6, 6.07) is 2.70. The van der Waals surface area contributed by atoms with E-state index in [1.165, 1.54) is 34.2 Å². The fourth-order valence-corrected chi connectivity index (χ4v) is 6.29. The highest BCUT2D eigenvalue weighted by Crippen LogP contribution is 2.30. The summed E-state index contributed by atoms with van der Waals surface area (Å²) in [5, 5.41) is 17.1. The number of nitrogens with zero attached hydrogens (tertiary/aromatic N) is 8. The lowest BCUT2D eigenvalue weighted by atomic mass is 10.1. The van der Waals surface area contributed by atoms with Crippen molar-refractivity contribution in [1.29, 1.82) is 5.26 Å². The van der Waals surface area contributed by atoms with Crippen LogP contribution in [-0.2, 0) is 17.1 Å². The molecule has 0 bridgehead atoms. The number of anilines is 2. The third kappa shape index (κ3) is 5.91. The third-order valence-electron chi connectivity index (χ3n) is 6.82. The second-order valence-electron chi connectivity index (χ2n) is 9.65. The molecule has 1 aliphatic carbocycles. The van der Waals surface area contributed by atoms with Crippen LogP contribution in [-0.4, -0.2) is 89.7 Å². The molecular weight excluding hydrogens is 466 g/mol. The van der Waals surface area contributed by atoms with Gasteiger partial charge in [-0.2, -0.15) is 19.6 Å². The first-order valence-corrected chi connectivity index (χ1v) is 13.7. The minimum Gasteiger partial charge on any atom is -0.351 e. The minimum absolute atomic E-state index is 0.0536. The van der Waals surface area contributed by atoms with Gasteiger partial charge in [0, 0.05) is 51.5 Å². The number of sulfonamides is 1. The molecule has 0 atom stereocenters. The monoisotopic (exact) mass is 501 g/mol. The quantitative estimate of drug-likeness (QED) is 0.546. The standard InChI is InChI=1S/C23H35N9O2S/c1-29(2)12-13-32(20-6-4-5-7-20)22-18(14-24)15-25-23(28-22)27-19-8-10-31(11-9-19)35(33,34)21-16-26-30(3)17-21/h15-17,19-20H,4-13H2,1-3H3,(H,25,27,28). The Balaban J connectivity index is 1.45. The normalized spacial score (nSPS) is 18.1. The summed E-state index contributed by atoms with van der Waals surface area (Å²) < 4.78 is 28.8. The van der Waals surface area contributed by atoms with Gasteiger partial charge in [0.2, 0.25) is 16.0 Å². The zero-order valence-electron chi connectivity index (χ0n) is 20.8. The largest absolute Gasteiger partial charge is 0.351 e. The molecule has 0 unspecified atom stereocenters. The molecule has 1 saturated carbocycles. The minimum atomic E-state index is -3.54. The number of piperidine rings is 1. The van der Waals surface area contributed by atoms with Crippen molar-refractivity contribution in [3.63, 3.8) is 0 Å². The maximum atomic E-state index is 12.9. The fourth-order valence-electron chi connectivity index (χ4n) is 4.83. The predicted molar refractivity (Wildman–Crippen MR) is 134 cm³/mol. The molecule has 2 aromatic rings. The van der Waals surface area contributed by atoms with Crippen molar-refractivity contribution in [2.24, 2.45) is 7.05 Å². The second-order valence-corrected chi connectivity index (χ2v) is 11.6. The summed E-state index contributed by atoms with van der Waals surface area (Å²) in [6.07, 6.45) is 10.4. The van der Waals surface area contributed by atoms with Crippen LogP contribution in [0.3, 0.4) is 0 Å². The van der Waals surface area contributed by atoms with E-state index in [1.54, 1.807) is 13.2 Å². The molecule has 11 nitrogen and oxygen atoms in total. The lowest BCUT2D eigenvalue weighted by molar-refractivity contribution is 0.329. The van der Waals surface area contributed by atoms with Crippen LogP contribution in [0.15, 0.2) is 23.5 Å². The van der Waals surface area contributed by atoms with Crippen LogP contribution in [0.4, 0.5) is 11.8 Å². The van der Waals surface area contributed by atoms with E-state index in [0.29, 0.717) is 49.3 Å². The lowest BCUT2D eigenvalue weighted by Gasteiger charge is -2.33. The van der Waals surface area contributed by atoms with Gasteiger partial charge in [0.1, 0.15) is 16.5 Å². The summed E-state index contributed by atoms with van der Waals surface area (Å²) in [7, 11) is 2.26. The highest BCUT2D eigenvalue weighted by Gasteiger charge is 2.31. The van der Waals surface area contributed by atoms with E-state index in [-0.39, 0.29) is 10.9 Å².